The van der Waals surface area contributed by atoms with Crippen LogP contribution in [-0.2, 0) is 0 Å². The van der Waals surface area contributed by atoms with Gasteiger partial charge in [0.1, 0.15) is 11.5 Å². The average Bonchev–Trinajstić information content (AvgIpc) is 2.38. The fraction of sp³-hybridized carbons (Fsp3) is 0.143. The van der Waals surface area contributed by atoms with Gasteiger partial charge in [0, 0.05) is 10.2 Å². The maximum Gasteiger partial charge on any atom is 0.275 e. The molecule has 4 nitrogen and oxygen atoms in total. The van der Waals surface area contributed by atoms with Gasteiger partial charge in [-0.25, -0.2) is 4.98 Å². The largest absolute Gasteiger partial charge is 0.384 e. The van der Waals surface area contributed by atoms with Gasteiger partial charge in [0.25, 0.3) is 5.91 Å². The third kappa shape index (κ3) is 3.11. The molecule has 2 aromatic rings. The van der Waals surface area contributed by atoms with Gasteiger partial charge in [-0.1, -0.05) is 27.5 Å². The number of amides is 1. The van der Waals surface area contributed by atoms with Crippen molar-refractivity contribution in [3.8, 4) is 0 Å². The van der Waals surface area contributed by atoms with Gasteiger partial charge < -0.3 is 11.1 Å². The highest BCUT2D eigenvalue weighted by molar-refractivity contribution is 9.10. The Morgan fingerprint density at radius 1 is 1.30 bits per heavy atom. The van der Waals surface area contributed by atoms with Crippen LogP contribution in [-0.4, -0.2) is 10.9 Å². The lowest BCUT2D eigenvalue weighted by atomic mass is 10.1. The molecule has 0 fully saturated rings. The van der Waals surface area contributed by atoms with Crippen LogP contribution in [0.5, 0.6) is 0 Å². The zero-order chi connectivity index (χ0) is 14.9. The summed E-state index contributed by atoms with van der Waals surface area (Å²) in [5, 5.41) is 3.04. The molecule has 0 atom stereocenters. The molecule has 0 radical (unpaired) electrons. The standard InChI is InChI=1S/C14H13BrClN3O/c1-7-5-9(6-8(2)12(7)15)18-14(20)13-10(16)3-4-11(17)19-13/h3-6H,1-2H3,(H2,17,19)(H,18,20). The molecule has 104 valence electrons. The van der Waals surface area contributed by atoms with E-state index in [2.05, 4.69) is 26.2 Å². The molecule has 0 saturated carbocycles. The molecule has 0 saturated heterocycles. The minimum atomic E-state index is -0.386. The van der Waals surface area contributed by atoms with Crippen molar-refractivity contribution >= 4 is 44.9 Å². The van der Waals surface area contributed by atoms with E-state index in [1.165, 1.54) is 0 Å². The number of hydrogen-bond acceptors (Lipinski definition) is 3. The van der Waals surface area contributed by atoms with Crippen molar-refractivity contribution in [1.82, 2.24) is 4.98 Å². The van der Waals surface area contributed by atoms with E-state index < -0.39 is 0 Å². The van der Waals surface area contributed by atoms with Gasteiger partial charge in [0.2, 0.25) is 0 Å². The first kappa shape index (κ1) is 14.8. The Morgan fingerprint density at radius 2 is 1.90 bits per heavy atom. The Hall–Kier alpha value is -1.59. The maximum atomic E-state index is 12.2. The molecule has 3 N–H and O–H groups in total. The molecule has 0 aliphatic carbocycles. The molecule has 0 spiro atoms. The second-order valence-corrected chi connectivity index (χ2v) is 5.64. The quantitative estimate of drug-likeness (QED) is 0.858. The number of rotatable bonds is 2. The van der Waals surface area contributed by atoms with Gasteiger partial charge in [0.15, 0.2) is 0 Å². The van der Waals surface area contributed by atoms with Crippen LogP contribution in [0.1, 0.15) is 21.6 Å². The Kier molecular flexibility index (Phi) is 4.30. The number of nitrogens with two attached hydrogens (primary N) is 1. The van der Waals surface area contributed by atoms with Crippen LogP contribution in [0.3, 0.4) is 0 Å². The molecule has 20 heavy (non-hydrogen) atoms. The second kappa shape index (κ2) is 5.81. The number of pyridine rings is 1. The minimum Gasteiger partial charge on any atom is -0.384 e. The van der Waals surface area contributed by atoms with Crippen LogP contribution >= 0.6 is 27.5 Å². The van der Waals surface area contributed by atoms with Crippen LogP contribution in [0.4, 0.5) is 11.5 Å². The third-order valence-corrected chi connectivity index (χ3v) is 4.33. The normalized spacial score (nSPS) is 10.4. The fourth-order valence-corrected chi connectivity index (χ4v) is 2.24. The number of carbonyl (C=O) groups is 1. The topological polar surface area (TPSA) is 68.0 Å². The van der Waals surface area contributed by atoms with Crippen molar-refractivity contribution in [1.29, 1.82) is 0 Å². The van der Waals surface area contributed by atoms with Gasteiger partial charge in [-0.05, 0) is 49.2 Å². The van der Waals surface area contributed by atoms with Crippen molar-refractivity contribution in [3.05, 3.63) is 50.6 Å². The van der Waals surface area contributed by atoms with Crippen LogP contribution in [0.25, 0.3) is 0 Å². The van der Waals surface area contributed by atoms with E-state index in [1.54, 1.807) is 12.1 Å². The van der Waals surface area contributed by atoms with Crippen molar-refractivity contribution in [2.24, 2.45) is 0 Å². The number of hydrogen-bond donors (Lipinski definition) is 2. The van der Waals surface area contributed by atoms with Gasteiger partial charge in [-0.2, -0.15) is 0 Å². The summed E-state index contributed by atoms with van der Waals surface area (Å²) in [5.41, 5.74) is 8.44. The Labute approximate surface area is 130 Å². The van der Waals surface area contributed by atoms with Crippen molar-refractivity contribution < 1.29 is 4.79 Å². The summed E-state index contributed by atoms with van der Waals surface area (Å²) in [6.07, 6.45) is 0. The maximum absolute atomic E-state index is 12.2. The summed E-state index contributed by atoms with van der Waals surface area (Å²) in [7, 11) is 0. The Bertz CT molecular complexity index is 665. The predicted octanol–water partition coefficient (Wildman–Crippen LogP) is 3.95. The lowest BCUT2D eigenvalue weighted by Gasteiger charge is -2.10. The average molecular weight is 355 g/mol. The van der Waals surface area contributed by atoms with E-state index in [9.17, 15) is 4.79 Å². The molecular formula is C14H13BrClN3O. The molecule has 6 heteroatoms. The molecule has 1 amide bonds. The number of aryl methyl sites for hydroxylation is 2. The third-order valence-electron chi connectivity index (χ3n) is 2.78. The summed E-state index contributed by atoms with van der Waals surface area (Å²) in [6.45, 7) is 3.91. The highest BCUT2D eigenvalue weighted by Crippen LogP contribution is 2.25. The van der Waals surface area contributed by atoms with Crippen molar-refractivity contribution in [2.75, 3.05) is 11.1 Å². The molecular weight excluding hydrogens is 342 g/mol. The zero-order valence-electron chi connectivity index (χ0n) is 11.0. The van der Waals surface area contributed by atoms with Gasteiger partial charge in [-0.3, -0.25) is 4.79 Å². The van der Waals surface area contributed by atoms with Gasteiger partial charge in [0.05, 0.1) is 5.02 Å². The Balaban J connectivity index is 2.30. The lowest BCUT2D eigenvalue weighted by Crippen LogP contribution is -2.15. The highest BCUT2D eigenvalue weighted by atomic mass is 79.9. The molecule has 2 rings (SSSR count). The summed E-state index contributed by atoms with van der Waals surface area (Å²) in [6, 6.07) is 6.84. The van der Waals surface area contributed by atoms with Gasteiger partial charge >= 0.3 is 0 Å². The molecule has 0 unspecified atom stereocenters. The summed E-state index contributed by atoms with van der Waals surface area (Å²) in [4.78, 5) is 16.1. The van der Waals surface area contributed by atoms with E-state index in [-0.39, 0.29) is 22.4 Å². The SMILES string of the molecule is Cc1cc(NC(=O)c2nc(N)ccc2Cl)cc(C)c1Br. The van der Waals surface area contributed by atoms with Crippen molar-refractivity contribution in [3.63, 3.8) is 0 Å². The highest BCUT2D eigenvalue weighted by Gasteiger charge is 2.14. The van der Waals surface area contributed by atoms with E-state index in [0.29, 0.717) is 5.69 Å². The Morgan fingerprint density at radius 3 is 2.50 bits per heavy atom. The molecule has 0 bridgehead atoms. The van der Waals surface area contributed by atoms with E-state index in [1.807, 2.05) is 26.0 Å². The number of carbonyl (C=O) groups excluding carboxylic acids is 1. The number of nitrogen functional groups attached to an aromatic ring is 1. The smallest absolute Gasteiger partial charge is 0.275 e. The van der Waals surface area contributed by atoms with Crippen LogP contribution in [0.15, 0.2) is 28.7 Å². The monoisotopic (exact) mass is 353 g/mol. The first-order valence-electron chi connectivity index (χ1n) is 5.88. The first-order valence-corrected chi connectivity index (χ1v) is 7.05. The molecule has 0 aliphatic heterocycles. The number of halogens is 2. The van der Waals surface area contributed by atoms with E-state index in [0.717, 1.165) is 15.6 Å². The summed E-state index contributed by atoms with van der Waals surface area (Å²) < 4.78 is 1.02. The summed E-state index contributed by atoms with van der Waals surface area (Å²) in [5.74, 6) is -0.133. The van der Waals surface area contributed by atoms with Crippen molar-refractivity contribution in [2.45, 2.75) is 13.8 Å². The minimum absolute atomic E-state index is 0.116. The molecule has 1 aromatic carbocycles. The number of aromatic nitrogens is 1. The number of nitrogens with zero attached hydrogens (tertiary/aromatic N) is 1. The fourth-order valence-electron chi connectivity index (χ4n) is 1.82. The number of anilines is 2. The number of benzene rings is 1. The van der Waals surface area contributed by atoms with Crippen LogP contribution < -0.4 is 11.1 Å². The van der Waals surface area contributed by atoms with Crippen LogP contribution in [0, 0.1) is 13.8 Å². The molecule has 1 heterocycles. The number of nitrogens with one attached hydrogen (secondary N) is 1. The van der Waals surface area contributed by atoms with Gasteiger partial charge in [-0.15, -0.1) is 0 Å². The first-order chi connectivity index (χ1) is 9.38. The molecule has 0 aliphatic rings. The summed E-state index contributed by atoms with van der Waals surface area (Å²) >= 11 is 9.44. The second-order valence-electron chi connectivity index (χ2n) is 4.44. The van der Waals surface area contributed by atoms with E-state index >= 15 is 0 Å². The van der Waals surface area contributed by atoms with E-state index in [4.69, 9.17) is 17.3 Å². The zero-order valence-corrected chi connectivity index (χ0v) is 13.3. The van der Waals surface area contributed by atoms with Crippen LogP contribution in [0.2, 0.25) is 5.02 Å². The lowest BCUT2D eigenvalue weighted by molar-refractivity contribution is 0.102. The molecule has 1 aromatic heterocycles. The predicted molar refractivity (Wildman–Crippen MR) is 85.2 cm³/mol.